The number of hydrogen-bond acceptors (Lipinski definition) is 3. The number of nitriles is 1. The van der Waals surface area contributed by atoms with Crippen molar-refractivity contribution in [2.45, 2.75) is 20.4 Å². The average Bonchev–Trinajstić information content (AvgIpc) is 2.96. The molecule has 0 spiro atoms. The van der Waals surface area contributed by atoms with E-state index in [-0.39, 0.29) is 5.92 Å². The first-order chi connectivity index (χ1) is 13.0. The highest BCUT2D eigenvalue weighted by Gasteiger charge is 2.26. The van der Waals surface area contributed by atoms with Gasteiger partial charge >= 0.3 is 0 Å². The van der Waals surface area contributed by atoms with Gasteiger partial charge in [0.25, 0.3) is 0 Å². The lowest BCUT2D eigenvalue weighted by Crippen LogP contribution is -2.23. The van der Waals surface area contributed by atoms with Crippen LogP contribution in [0.15, 0.2) is 47.5 Å². The third kappa shape index (κ3) is 3.14. The summed E-state index contributed by atoms with van der Waals surface area (Å²) in [5.74, 6) is 1.01. The molecule has 0 aliphatic carbocycles. The summed E-state index contributed by atoms with van der Waals surface area (Å²) in [6.45, 7) is 4.83. The molecule has 1 aliphatic heterocycles. The summed E-state index contributed by atoms with van der Waals surface area (Å²) in [7, 11) is 0. The molecular weight excluding hydrogens is 379 g/mol. The Balaban J connectivity index is 1.87. The van der Waals surface area contributed by atoms with Crippen LogP contribution in [0.1, 0.15) is 23.7 Å². The van der Waals surface area contributed by atoms with Crippen molar-refractivity contribution in [1.29, 1.82) is 5.26 Å². The Kier molecular flexibility index (Phi) is 4.51. The molecule has 1 aliphatic rings. The zero-order valence-corrected chi connectivity index (χ0v) is 16.4. The normalized spacial score (nSPS) is 15.8. The molecule has 0 saturated carbocycles. The molecule has 27 heavy (non-hydrogen) atoms. The van der Waals surface area contributed by atoms with Crippen molar-refractivity contribution in [3.63, 3.8) is 0 Å². The minimum atomic E-state index is 0.207. The van der Waals surface area contributed by atoms with Crippen LogP contribution in [0.3, 0.4) is 0 Å². The second-order valence-electron chi connectivity index (χ2n) is 6.68. The Morgan fingerprint density at radius 1 is 1.15 bits per heavy atom. The fourth-order valence-electron chi connectivity index (χ4n) is 3.45. The van der Waals surface area contributed by atoms with Gasteiger partial charge < -0.3 is 0 Å². The Labute approximate surface area is 167 Å². The molecule has 0 fully saturated rings. The Bertz CT molecular complexity index is 1100. The maximum absolute atomic E-state index is 9.02. The average molecular weight is 395 g/mol. The summed E-state index contributed by atoms with van der Waals surface area (Å²) < 4.78 is 1.94. The van der Waals surface area contributed by atoms with Crippen molar-refractivity contribution in [3.8, 4) is 17.2 Å². The van der Waals surface area contributed by atoms with Crippen LogP contribution in [-0.2, 0) is 6.54 Å². The van der Waals surface area contributed by atoms with Gasteiger partial charge in [-0.2, -0.15) is 10.4 Å². The molecule has 0 bridgehead atoms. The van der Waals surface area contributed by atoms with Gasteiger partial charge in [0.1, 0.15) is 0 Å². The smallest absolute Gasteiger partial charge is 0.158 e. The molecule has 0 radical (unpaired) electrons. The van der Waals surface area contributed by atoms with E-state index in [2.05, 4.69) is 18.1 Å². The van der Waals surface area contributed by atoms with Crippen molar-refractivity contribution in [1.82, 2.24) is 9.78 Å². The van der Waals surface area contributed by atoms with Crippen molar-refractivity contribution in [2.24, 2.45) is 10.9 Å². The molecule has 0 amide bonds. The molecule has 2 heterocycles. The lowest BCUT2D eigenvalue weighted by Gasteiger charge is -2.22. The summed E-state index contributed by atoms with van der Waals surface area (Å²) >= 11 is 12.5. The largest absolute Gasteiger partial charge is 0.246 e. The number of aromatic nitrogens is 2. The number of aliphatic imine (C=N–C) groups is 1. The molecule has 4 nitrogen and oxygen atoms in total. The first kappa shape index (κ1) is 17.8. The van der Waals surface area contributed by atoms with E-state index in [1.807, 2.05) is 48.0 Å². The predicted octanol–water partition coefficient (Wildman–Crippen LogP) is 5.81. The molecule has 0 saturated heterocycles. The third-order valence-corrected chi connectivity index (χ3v) is 5.30. The fraction of sp³-hybridized carbons (Fsp3) is 0.190. The molecule has 134 valence electrons. The van der Waals surface area contributed by atoms with Crippen LogP contribution in [0, 0.1) is 24.2 Å². The molecule has 4 rings (SSSR count). The maximum atomic E-state index is 9.02. The first-order valence-electron chi connectivity index (χ1n) is 8.60. The van der Waals surface area contributed by atoms with E-state index >= 15 is 0 Å². The van der Waals surface area contributed by atoms with Crippen molar-refractivity contribution >= 4 is 34.7 Å². The highest BCUT2D eigenvalue weighted by atomic mass is 35.5. The Morgan fingerprint density at radius 3 is 2.56 bits per heavy atom. The van der Waals surface area contributed by atoms with Gasteiger partial charge in [-0.15, -0.1) is 0 Å². The summed E-state index contributed by atoms with van der Waals surface area (Å²) in [6.07, 6.45) is 0. The van der Waals surface area contributed by atoms with Crippen LogP contribution in [0.2, 0.25) is 10.0 Å². The topological polar surface area (TPSA) is 54.0 Å². The standard InChI is InChI=1S/C21H16Cl2N4/c1-12-11-27-21(25-20(12)15-5-3-14(10-24)4-6-15)19(13(2)26-27)17-8-7-16(22)9-18(17)23/h3-9,12H,11H2,1-2H3. The molecule has 0 N–H and O–H groups in total. The second-order valence-corrected chi connectivity index (χ2v) is 7.52. The van der Waals surface area contributed by atoms with Crippen molar-refractivity contribution in [2.75, 3.05) is 0 Å². The number of halogens is 2. The summed E-state index contributed by atoms with van der Waals surface area (Å²) in [5.41, 5.74) is 5.31. The molecule has 1 unspecified atom stereocenters. The van der Waals surface area contributed by atoms with Crippen LogP contribution >= 0.6 is 23.2 Å². The van der Waals surface area contributed by atoms with E-state index in [0.29, 0.717) is 15.6 Å². The number of benzene rings is 2. The predicted molar refractivity (Wildman–Crippen MR) is 109 cm³/mol. The number of fused-ring (bicyclic) bond motifs is 1. The van der Waals surface area contributed by atoms with E-state index in [4.69, 9.17) is 33.5 Å². The monoisotopic (exact) mass is 394 g/mol. The molecule has 1 atom stereocenters. The van der Waals surface area contributed by atoms with E-state index < -0.39 is 0 Å². The first-order valence-corrected chi connectivity index (χ1v) is 9.35. The SMILES string of the molecule is Cc1nn2c(c1-c1ccc(Cl)cc1Cl)N=C(c1ccc(C#N)cc1)C(C)C2. The molecule has 2 aromatic carbocycles. The van der Waals surface area contributed by atoms with Gasteiger partial charge in [-0.1, -0.05) is 48.3 Å². The van der Waals surface area contributed by atoms with Crippen molar-refractivity contribution < 1.29 is 0 Å². The highest BCUT2D eigenvalue weighted by Crippen LogP contribution is 2.41. The zero-order chi connectivity index (χ0) is 19.1. The summed E-state index contributed by atoms with van der Waals surface area (Å²) in [6, 6.07) is 15.1. The number of hydrogen-bond donors (Lipinski definition) is 0. The minimum Gasteiger partial charge on any atom is -0.246 e. The van der Waals surface area contributed by atoms with Gasteiger partial charge in [0.2, 0.25) is 0 Å². The molecular formula is C21H16Cl2N4. The summed E-state index contributed by atoms with van der Waals surface area (Å²) in [5, 5.41) is 14.9. The van der Waals surface area contributed by atoms with E-state index in [1.165, 1.54) is 0 Å². The van der Waals surface area contributed by atoms with Gasteiger partial charge in [0, 0.05) is 16.5 Å². The van der Waals surface area contributed by atoms with Gasteiger partial charge in [-0.05, 0) is 36.8 Å². The van der Waals surface area contributed by atoms with Crippen LogP contribution < -0.4 is 0 Å². The second kappa shape index (κ2) is 6.84. The lowest BCUT2D eigenvalue weighted by molar-refractivity contribution is 0.529. The van der Waals surface area contributed by atoms with E-state index in [0.717, 1.165) is 40.5 Å². The number of rotatable bonds is 2. The van der Waals surface area contributed by atoms with Gasteiger partial charge in [0.05, 0.1) is 40.2 Å². The zero-order valence-electron chi connectivity index (χ0n) is 14.9. The molecule has 3 aromatic rings. The van der Waals surface area contributed by atoms with Gasteiger partial charge in [-0.3, -0.25) is 0 Å². The number of aryl methyl sites for hydroxylation is 1. The van der Waals surface area contributed by atoms with Crippen LogP contribution in [0.25, 0.3) is 11.1 Å². The van der Waals surface area contributed by atoms with Gasteiger partial charge in [-0.25, -0.2) is 9.67 Å². The van der Waals surface area contributed by atoms with Crippen LogP contribution in [-0.4, -0.2) is 15.5 Å². The van der Waals surface area contributed by atoms with Crippen LogP contribution in [0.5, 0.6) is 0 Å². The Morgan fingerprint density at radius 2 is 1.89 bits per heavy atom. The lowest BCUT2D eigenvalue weighted by atomic mass is 9.95. The Hall–Kier alpha value is -2.61. The van der Waals surface area contributed by atoms with Gasteiger partial charge in [0.15, 0.2) is 5.82 Å². The van der Waals surface area contributed by atoms with E-state index in [1.54, 1.807) is 6.07 Å². The summed E-state index contributed by atoms with van der Waals surface area (Å²) in [4.78, 5) is 4.96. The maximum Gasteiger partial charge on any atom is 0.158 e. The minimum absolute atomic E-state index is 0.207. The van der Waals surface area contributed by atoms with Crippen molar-refractivity contribution in [3.05, 3.63) is 69.3 Å². The molecule has 6 heteroatoms. The van der Waals surface area contributed by atoms with Crippen LogP contribution in [0.4, 0.5) is 5.82 Å². The highest BCUT2D eigenvalue weighted by molar-refractivity contribution is 6.36. The third-order valence-electron chi connectivity index (χ3n) is 4.75. The fourth-order valence-corrected chi connectivity index (χ4v) is 3.96. The quantitative estimate of drug-likeness (QED) is 0.550. The number of nitrogens with zero attached hydrogens (tertiary/aromatic N) is 4. The van der Waals surface area contributed by atoms with E-state index in [9.17, 15) is 0 Å². The molecule has 1 aromatic heterocycles.